The van der Waals surface area contributed by atoms with Crippen molar-refractivity contribution in [1.29, 1.82) is 0 Å². The highest BCUT2D eigenvalue weighted by Crippen LogP contribution is 2.29. The van der Waals surface area contributed by atoms with Crippen molar-refractivity contribution in [2.24, 2.45) is 11.7 Å². The number of carbonyl (C=O) groups is 1. The highest BCUT2D eigenvalue weighted by atomic mass is 19.1. The highest BCUT2D eigenvalue weighted by Gasteiger charge is 2.19. The Hall–Kier alpha value is -1.58. The first-order valence-corrected chi connectivity index (χ1v) is 7.87. The zero-order chi connectivity index (χ0) is 15.4. The van der Waals surface area contributed by atoms with Gasteiger partial charge in [0.05, 0.1) is 0 Å². The minimum absolute atomic E-state index is 0.223. The minimum Gasteiger partial charge on any atom is -0.382 e. The summed E-state index contributed by atoms with van der Waals surface area (Å²) in [6.45, 7) is 3.97. The Morgan fingerprint density at radius 1 is 1.33 bits per heavy atom. The first-order valence-electron chi connectivity index (χ1n) is 7.87. The van der Waals surface area contributed by atoms with Gasteiger partial charge in [-0.15, -0.1) is 0 Å². The number of amides is 1. The van der Waals surface area contributed by atoms with E-state index in [0.29, 0.717) is 17.3 Å². The van der Waals surface area contributed by atoms with Crippen LogP contribution >= 0.6 is 0 Å². The number of carbonyl (C=O) groups excluding carboxylic acids is 1. The van der Waals surface area contributed by atoms with E-state index in [4.69, 9.17) is 5.73 Å². The smallest absolute Gasteiger partial charge is 0.248 e. The Balaban J connectivity index is 2.13. The van der Waals surface area contributed by atoms with Crippen LogP contribution in [0.2, 0.25) is 0 Å². The molecule has 1 fully saturated rings. The fourth-order valence-electron chi connectivity index (χ4n) is 3.12. The van der Waals surface area contributed by atoms with Crippen LogP contribution in [0.15, 0.2) is 12.1 Å². The van der Waals surface area contributed by atoms with Gasteiger partial charge in [0.1, 0.15) is 5.82 Å². The molecule has 116 valence electrons. The van der Waals surface area contributed by atoms with Gasteiger partial charge in [-0.2, -0.15) is 0 Å². The van der Waals surface area contributed by atoms with Gasteiger partial charge >= 0.3 is 0 Å². The van der Waals surface area contributed by atoms with Crippen LogP contribution in [0.1, 0.15) is 61.4 Å². The summed E-state index contributed by atoms with van der Waals surface area (Å²) in [5.74, 6) is -0.163. The standard InChI is InChI=1S/C17H25FN2O/c1-3-12-5-4-6-14(8-7-12)20-16-10-13(17(19)21)9-15(18)11(16)2/h9-10,12,14,20H,3-8H2,1-2H3,(H2,19,21). The van der Waals surface area contributed by atoms with Crippen molar-refractivity contribution >= 4 is 11.6 Å². The Bertz CT molecular complexity index is 516. The number of rotatable bonds is 4. The molecule has 0 radical (unpaired) electrons. The molecular weight excluding hydrogens is 267 g/mol. The molecule has 1 aliphatic carbocycles. The number of halogens is 1. The molecule has 1 amide bonds. The molecule has 2 atom stereocenters. The van der Waals surface area contributed by atoms with Crippen molar-refractivity contribution < 1.29 is 9.18 Å². The molecule has 3 N–H and O–H groups in total. The molecule has 0 heterocycles. The molecule has 2 unspecified atom stereocenters. The molecule has 1 saturated carbocycles. The van der Waals surface area contributed by atoms with Gasteiger partial charge in [0.15, 0.2) is 0 Å². The number of benzene rings is 1. The predicted octanol–water partition coefficient (Wildman–Crippen LogP) is 4.00. The summed E-state index contributed by atoms with van der Waals surface area (Å²) in [4.78, 5) is 11.3. The van der Waals surface area contributed by atoms with E-state index in [9.17, 15) is 9.18 Å². The SMILES string of the molecule is CCC1CCCC(Nc2cc(C(N)=O)cc(F)c2C)CC1. The van der Waals surface area contributed by atoms with Crippen molar-refractivity contribution in [3.05, 3.63) is 29.1 Å². The second-order valence-electron chi connectivity index (χ2n) is 6.12. The van der Waals surface area contributed by atoms with Gasteiger partial charge < -0.3 is 11.1 Å². The maximum absolute atomic E-state index is 13.9. The quantitative estimate of drug-likeness (QED) is 0.824. The number of anilines is 1. The zero-order valence-corrected chi connectivity index (χ0v) is 12.9. The van der Waals surface area contributed by atoms with Gasteiger partial charge in [-0.25, -0.2) is 4.39 Å². The lowest BCUT2D eigenvalue weighted by molar-refractivity contribution is 0.1000. The molecule has 0 bridgehead atoms. The van der Waals surface area contributed by atoms with Crippen LogP contribution < -0.4 is 11.1 Å². The number of nitrogens with two attached hydrogens (primary N) is 1. The van der Waals surface area contributed by atoms with Crippen LogP contribution in [0, 0.1) is 18.7 Å². The maximum Gasteiger partial charge on any atom is 0.248 e. The summed E-state index contributed by atoms with van der Waals surface area (Å²) in [5.41, 5.74) is 6.74. The summed E-state index contributed by atoms with van der Waals surface area (Å²) < 4.78 is 13.9. The normalized spacial score (nSPS) is 22.6. The van der Waals surface area contributed by atoms with Crippen LogP contribution in [0.5, 0.6) is 0 Å². The fraction of sp³-hybridized carbons (Fsp3) is 0.588. The van der Waals surface area contributed by atoms with Crippen molar-refractivity contribution in [3.8, 4) is 0 Å². The molecule has 2 rings (SSSR count). The van der Waals surface area contributed by atoms with E-state index in [-0.39, 0.29) is 11.4 Å². The summed E-state index contributed by atoms with van der Waals surface area (Å²) in [5, 5.41) is 3.42. The molecule has 1 aliphatic rings. The lowest BCUT2D eigenvalue weighted by atomic mass is 9.97. The molecule has 3 nitrogen and oxygen atoms in total. The first-order chi connectivity index (χ1) is 10.0. The summed E-state index contributed by atoms with van der Waals surface area (Å²) in [7, 11) is 0. The lowest BCUT2D eigenvalue weighted by Crippen LogP contribution is -2.20. The Morgan fingerprint density at radius 3 is 2.76 bits per heavy atom. The van der Waals surface area contributed by atoms with E-state index in [1.165, 1.54) is 31.7 Å². The average molecular weight is 292 g/mol. The van der Waals surface area contributed by atoms with Crippen LogP contribution in [0.25, 0.3) is 0 Å². The highest BCUT2D eigenvalue weighted by molar-refractivity contribution is 5.94. The van der Waals surface area contributed by atoms with Crippen LogP contribution in [-0.4, -0.2) is 11.9 Å². The second kappa shape index (κ2) is 6.92. The Labute approximate surface area is 126 Å². The van der Waals surface area contributed by atoms with E-state index < -0.39 is 5.91 Å². The van der Waals surface area contributed by atoms with Crippen LogP contribution in [0.4, 0.5) is 10.1 Å². The maximum atomic E-state index is 13.9. The topological polar surface area (TPSA) is 55.1 Å². The van der Waals surface area contributed by atoms with E-state index in [1.807, 2.05) is 0 Å². The molecule has 0 saturated heterocycles. The second-order valence-corrected chi connectivity index (χ2v) is 6.12. The number of nitrogens with one attached hydrogen (secondary N) is 1. The summed E-state index contributed by atoms with van der Waals surface area (Å²) >= 11 is 0. The van der Waals surface area contributed by atoms with E-state index >= 15 is 0 Å². The van der Waals surface area contributed by atoms with E-state index in [1.54, 1.807) is 13.0 Å². The monoisotopic (exact) mass is 292 g/mol. The van der Waals surface area contributed by atoms with Gasteiger partial charge in [0.2, 0.25) is 5.91 Å². The third-order valence-electron chi connectivity index (χ3n) is 4.65. The average Bonchev–Trinajstić information content (AvgIpc) is 2.68. The molecule has 0 spiro atoms. The van der Waals surface area contributed by atoms with Gasteiger partial charge in [0, 0.05) is 22.9 Å². The van der Waals surface area contributed by atoms with E-state index in [0.717, 1.165) is 18.8 Å². The minimum atomic E-state index is -0.594. The molecule has 0 aliphatic heterocycles. The molecular formula is C17H25FN2O. The van der Waals surface area contributed by atoms with Gasteiger partial charge in [-0.3, -0.25) is 4.79 Å². The number of hydrogen-bond donors (Lipinski definition) is 2. The predicted molar refractivity (Wildman–Crippen MR) is 83.9 cm³/mol. The first kappa shape index (κ1) is 15.8. The fourth-order valence-corrected chi connectivity index (χ4v) is 3.12. The third-order valence-corrected chi connectivity index (χ3v) is 4.65. The summed E-state index contributed by atoms with van der Waals surface area (Å²) in [6.07, 6.45) is 7.12. The van der Waals surface area contributed by atoms with Crippen LogP contribution in [-0.2, 0) is 0 Å². The zero-order valence-electron chi connectivity index (χ0n) is 12.9. The van der Waals surface area contributed by atoms with Gasteiger partial charge in [-0.1, -0.05) is 26.2 Å². The van der Waals surface area contributed by atoms with Crippen LogP contribution in [0.3, 0.4) is 0 Å². The number of hydrogen-bond acceptors (Lipinski definition) is 2. The summed E-state index contributed by atoms with van der Waals surface area (Å²) in [6, 6.07) is 3.23. The lowest BCUT2D eigenvalue weighted by Gasteiger charge is -2.20. The third kappa shape index (κ3) is 3.96. The van der Waals surface area contributed by atoms with E-state index in [2.05, 4.69) is 12.2 Å². The molecule has 21 heavy (non-hydrogen) atoms. The van der Waals surface area contributed by atoms with Crippen molar-refractivity contribution in [2.45, 2.75) is 58.4 Å². The molecule has 1 aromatic carbocycles. The largest absolute Gasteiger partial charge is 0.382 e. The Morgan fingerprint density at radius 2 is 2.10 bits per heavy atom. The van der Waals surface area contributed by atoms with Gasteiger partial charge in [-0.05, 0) is 44.2 Å². The van der Waals surface area contributed by atoms with Crippen molar-refractivity contribution in [1.82, 2.24) is 0 Å². The van der Waals surface area contributed by atoms with Crippen molar-refractivity contribution in [3.63, 3.8) is 0 Å². The molecule has 0 aromatic heterocycles. The Kier molecular flexibility index (Phi) is 5.21. The van der Waals surface area contributed by atoms with Gasteiger partial charge in [0.25, 0.3) is 0 Å². The van der Waals surface area contributed by atoms with Crippen molar-refractivity contribution in [2.75, 3.05) is 5.32 Å². The number of primary amides is 1. The molecule has 4 heteroatoms. The molecule has 1 aromatic rings.